The Morgan fingerprint density at radius 1 is 1.04 bits per heavy atom. The number of benzene rings is 1. The SMILES string of the molecule is O.O=S(=O)(O)CCN1CCN(CCO)CC1.On1nnc2ccccc21. The third kappa shape index (κ3) is 7.19. The van der Waals surface area contributed by atoms with Crippen LogP contribution in [-0.4, -0.2) is 105 Å². The molecular weight excluding hydrogens is 366 g/mol. The van der Waals surface area contributed by atoms with Crippen molar-refractivity contribution in [3.05, 3.63) is 24.3 Å². The number of hydrogen-bond acceptors (Lipinski definition) is 8. The van der Waals surface area contributed by atoms with Crippen molar-refractivity contribution in [2.45, 2.75) is 0 Å². The van der Waals surface area contributed by atoms with E-state index in [1.54, 1.807) is 12.1 Å². The van der Waals surface area contributed by atoms with E-state index in [1.165, 1.54) is 0 Å². The predicted molar refractivity (Wildman–Crippen MR) is 94.7 cm³/mol. The zero-order chi connectivity index (χ0) is 18.3. The van der Waals surface area contributed by atoms with Gasteiger partial charge >= 0.3 is 0 Å². The molecule has 0 amide bonds. The highest BCUT2D eigenvalue weighted by Gasteiger charge is 2.17. The highest BCUT2D eigenvalue weighted by Crippen LogP contribution is 2.06. The molecule has 2 heterocycles. The fourth-order valence-corrected chi connectivity index (χ4v) is 2.97. The normalized spacial score (nSPS) is 15.9. The molecule has 0 unspecified atom stereocenters. The number of nitrogens with zero attached hydrogens (tertiary/aromatic N) is 5. The fraction of sp³-hybridized carbons (Fsp3) is 0.571. The van der Waals surface area contributed by atoms with E-state index in [1.807, 2.05) is 17.0 Å². The lowest BCUT2D eigenvalue weighted by Gasteiger charge is -2.33. The fourth-order valence-electron chi connectivity index (χ4n) is 2.48. The van der Waals surface area contributed by atoms with Gasteiger partial charge in [0, 0.05) is 39.3 Å². The monoisotopic (exact) mass is 391 g/mol. The number of para-hydroxylation sites is 1. The minimum absolute atomic E-state index is 0. The molecule has 1 aromatic heterocycles. The third-order valence-electron chi connectivity index (χ3n) is 3.88. The van der Waals surface area contributed by atoms with E-state index in [0.29, 0.717) is 24.1 Å². The van der Waals surface area contributed by atoms with Gasteiger partial charge in [0.1, 0.15) is 11.0 Å². The summed E-state index contributed by atoms with van der Waals surface area (Å²) in [4.78, 5) is 4.89. The largest absolute Gasteiger partial charge is 0.412 e. The number of piperazine rings is 1. The van der Waals surface area contributed by atoms with Gasteiger partial charge in [0.25, 0.3) is 10.1 Å². The molecule has 0 atom stereocenters. The lowest BCUT2D eigenvalue weighted by atomic mass is 10.3. The van der Waals surface area contributed by atoms with Gasteiger partial charge in [-0.15, -0.1) is 5.10 Å². The summed E-state index contributed by atoms with van der Waals surface area (Å²) in [6.45, 7) is 4.46. The van der Waals surface area contributed by atoms with Crippen molar-refractivity contribution in [2.24, 2.45) is 0 Å². The molecule has 1 aliphatic heterocycles. The Labute approximate surface area is 151 Å². The molecule has 1 aromatic carbocycles. The standard InChI is InChI=1S/C8H18N2O4S.C6H5N3O.H2O/c11-7-5-9-1-3-10(4-2-9)6-8-15(12,13)14;10-9-6-4-2-1-3-5(6)7-8-9;/h11H,1-8H2,(H,12,13,14);1-4,10H;1H2. The summed E-state index contributed by atoms with van der Waals surface area (Å²) >= 11 is 0. The zero-order valence-corrected chi connectivity index (χ0v) is 15.1. The molecule has 12 heteroatoms. The summed E-state index contributed by atoms with van der Waals surface area (Å²) in [5.41, 5.74) is 1.33. The van der Waals surface area contributed by atoms with Crippen molar-refractivity contribution in [1.29, 1.82) is 0 Å². The summed E-state index contributed by atoms with van der Waals surface area (Å²) < 4.78 is 29.6. The lowest BCUT2D eigenvalue weighted by Crippen LogP contribution is -2.48. The maximum Gasteiger partial charge on any atom is 0.266 e. The van der Waals surface area contributed by atoms with Crippen molar-refractivity contribution in [1.82, 2.24) is 25.0 Å². The predicted octanol–water partition coefficient (Wildman–Crippen LogP) is -1.67. The Bertz CT molecular complexity index is 760. The molecule has 0 aliphatic carbocycles. The van der Waals surface area contributed by atoms with Crippen LogP contribution in [0.4, 0.5) is 0 Å². The van der Waals surface area contributed by atoms with E-state index in [2.05, 4.69) is 15.2 Å². The first-order valence-electron chi connectivity index (χ1n) is 7.89. The van der Waals surface area contributed by atoms with E-state index < -0.39 is 10.1 Å². The molecule has 26 heavy (non-hydrogen) atoms. The first-order valence-corrected chi connectivity index (χ1v) is 9.50. The van der Waals surface area contributed by atoms with Crippen LogP contribution in [0.25, 0.3) is 11.0 Å². The topological polar surface area (TPSA) is 164 Å². The van der Waals surface area contributed by atoms with Crippen LogP contribution in [0.2, 0.25) is 0 Å². The molecule has 2 aromatic rings. The second kappa shape index (κ2) is 10.4. The van der Waals surface area contributed by atoms with Crippen LogP contribution in [-0.2, 0) is 10.1 Å². The first kappa shape index (κ1) is 22.2. The first-order chi connectivity index (χ1) is 11.9. The van der Waals surface area contributed by atoms with E-state index in [4.69, 9.17) is 14.9 Å². The van der Waals surface area contributed by atoms with Gasteiger partial charge < -0.3 is 15.8 Å². The maximum absolute atomic E-state index is 10.5. The van der Waals surface area contributed by atoms with Gasteiger partial charge in [-0.1, -0.05) is 17.0 Å². The molecule has 0 saturated carbocycles. The summed E-state index contributed by atoms with van der Waals surface area (Å²) in [5.74, 6) is -0.201. The molecular formula is C14H25N5O6S. The van der Waals surface area contributed by atoms with Crippen LogP contribution in [0.1, 0.15) is 0 Å². The molecule has 148 valence electrons. The number of rotatable bonds is 5. The van der Waals surface area contributed by atoms with Crippen molar-refractivity contribution < 1.29 is 28.8 Å². The molecule has 3 rings (SSSR count). The number of aromatic nitrogens is 3. The van der Waals surface area contributed by atoms with E-state index in [0.717, 1.165) is 31.0 Å². The lowest BCUT2D eigenvalue weighted by molar-refractivity contribution is 0.116. The molecule has 0 radical (unpaired) electrons. The second-order valence-corrected chi connectivity index (χ2v) is 7.23. The van der Waals surface area contributed by atoms with Gasteiger partial charge in [-0.25, -0.2) is 0 Å². The molecule has 1 saturated heterocycles. The Balaban J connectivity index is 0.000000267. The third-order valence-corrected chi connectivity index (χ3v) is 4.58. The zero-order valence-electron chi connectivity index (χ0n) is 14.3. The van der Waals surface area contributed by atoms with Gasteiger partial charge in [0.2, 0.25) is 0 Å². The minimum atomic E-state index is -3.84. The van der Waals surface area contributed by atoms with Gasteiger partial charge in [0.05, 0.1) is 12.4 Å². The van der Waals surface area contributed by atoms with Gasteiger partial charge in [0.15, 0.2) is 0 Å². The Hall–Kier alpha value is -1.83. The van der Waals surface area contributed by atoms with Crippen LogP contribution in [0, 0.1) is 0 Å². The smallest absolute Gasteiger partial charge is 0.266 e. The van der Waals surface area contributed by atoms with Crippen LogP contribution >= 0.6 is 0 Å². The summed E-state index contributed by atoms with van der Waals surface area (Å²) in [6, 6.07) is 7.19. The minimum Gasteiger partial charge on any atom is -0.412 e. The number of β-amino-alcohol motifs (C(OH)–C–C–N with tert-alkyl or cyclic N) is 1. The van der Waals surface area contributed by atoms with Crippen LogP contribution in [0.5, 0.6) is 0 Å². The summed E-state index contributed by atoms with van der Waals surface area (Å²) in [6.07, 6.45) is 0. The second-order valence-electron chi connectivity index (χ2n) is 5.66. The van der Waals surface area contributed by atoms with Crippen LogP contribution in [0.15, 0.2) is 24.3 Å². The van der Waals surface area contributed by atoms with E-state index in [-0.39, 0.29) is 17.8 Å². The quantitative estimate of drug-likeness (QED) is 0.399. The van der Waals surface area contributed by atoms with E-state index >= 15 is 0 Å². The molecule has 1 fully saturated rings. The van der Waals surface area contributed by atoms with Crippen molar-refractivity contribution in [3.8, 4) is 0 Å². The van der Waals surface area contributed by atoms with Crippen molar-refractivity contribution in [3.63, 3.8) is 0 Å². The van der Waals surface area contributed by atoms with Crippen molar-refractivity contribution >= 4 is 21.2 Å². The number of aliphatic hydroxyl groups excluding tert-OH is 1. The number of hydrogen-bond donors (Lipinski definition) is 3. The van der Waals surface area contributed by atoms with Crippen molar-refractivity contribution in [2.75, 3.05) is 51.6 Å². The maximum atomic E-state index is 10.5. The number of aliphatic hydroxyl groups is 1. The Morgan fingerprint density at radius 3 is 2.15 bits per heavy atom. The molecule has 11 nitrogen and oxygen atoms in total. The molecule has 0 bridgehead atoms. The van der Waals surface area contributed by atoms with Crippen LogP contribution < -0.4 is 0 Å². The summed E-state index contributed by atoms with van der Waals surface area (Å²) in [5, 5.41) is 24.8. The Kier molecular flexibility index (Phi) is 8.84. The number of fused-ring (bicyclic) bond motifs is 1. The average molecular weight is 391 g/mol. The van der Waals surface area contributed by atoms with E-state index in [9.17, 15) is 8.42 Å². The van der Waals surface area contributed by atoms with Gasteiger partial charge in [-0.2, -0.15) is 8.42 Å². The molecule has 0 spiro atoms. The van der Waals surface area contributed by atoms with Gasteiger partial charge in [-0.05, 0) is 17.3 Å². The molecule has 1 aliphatic rings. The highest BCUT2D eigenvalue weighted by atomic mass is 32.2. The summed E-state index contributed by atoms with van der Waals surface area (Å²) in [7, 11) is -3.84. The Morgan fingerprint density at radius 2 is 1.62 bits per heavy atom. The molecule has 5 N–H and O–H groups in total. The van der Waals surface area contributed by atoms with Gasteiger partial charge in [-0.3, -0.25) is 14.4 Å². The highest BCUT2D eigenvalue weighted by molar-refractivity contribution is 7.85. The van der Waals surface area contributed by atoms with Crippen LogP contribution in [0.3, 0.4) is 0 Å². The average Bonchev–Trinajstić information content (AvgIpc) is 2.96.